The lowest BCUT2D eigenvalue weighted by atomic mass is 10.0. The second-order valence-corrected chi connectivity index (χ2v) is 9.51. The molecule has 0 saturated carbocycles. The number of aliphatic carboxylic acids is 1. The topological polar surface area (TPSA) is 214 Å². The van der Waals surface area contributed by atoms with Gasteiger partial charge in [-0.15, -0.1) is 0 Å². The Kier molecular flexibility index (Phi) is 13.0. The smallest absolute Gasteiger partial charge is 0.322 e. The average Bonchev–Trinajstić information content (AvgIpc) is 2.93. The second kappa shape index (κ2) is 16.4. The molecule has 0 fully saturated rings. The van der Waals surface area contributed by atoms with Gasteiger partial charge in [0.1, 0.15) is 30.1 Å². The van der Waals surface area contributed by atoms with E-state index in [4.69, 9.17) is 5.11 Å². The number of nitro groups is 2. The van der Waals surface area contributed by atoms with E-state index in [9.17, 15) is 39.7 Å². The molecule has 2 aromatic rings. The molecule has 2 aromatic carbocycles. The number of benzene rings is 2. The summed E-state index contributed by atoms with van der Waals surface area (Å²) < 4.78 is 0. The van der Waals surface area contributed by atoms with Gasteiger partial charge < -0.3 is 26.2 Å². The van der Waals surface area contributed by atoms with Crippen LogP contribution in [0.5, 0.6) is 5.75 Å². The third-order valence-corrected chi connectivity index (χ3v) is 6.30. The fraction of sp³-hybridized carbons (Fsp3) is 0.444. The SMILES string of the molecule is CCCCCCCCC(Nc1ccc([N+](=O)[O-])cc1[N+](=O)[O-])C(=O)N[C@@H](Cc1ccc(O)cc1)C(=O)NCC(=O)O. The number of non-ortho nitro benzene ring substituents is 1. The number of rotatable bonds is 18. The molecule has 0 saturated heterocycles. The maximum atomic E-state index is 13.5. The highest BCUT2D eigenvalue weighted by Gasteiger charge is 2.28. The van der Waals surface area contributed by atoms with Crippen molar-refractivity contribution < 1.29 is 34.4 Å². The standard InChI is InChI=1S/C27H35N5O9/c1-2-3-4-5-6-7-8-22(29-21-14-11-19(31(38)39)16-24(21)32(40)41)27(37)30-23(26(36)28-17-25(34)35)15-18-9-12-20(33)13-10-18/h9-14,16,22-23,29,33H,2-8,15,17H2,1H3,(H,28,36)(H,30,37)(H,34,35)/t22?,23-/m0/s1. The summed E-state index contributed by atoms with van der Waals surface area (Å²) in [5.74, 6) is -2.70. The molecule has 14 heteroatoms. The third-order valence-electron chi connectivity index (χ3n) is 6.30. The van der Waals surface area contributed by atoms with E-state index in [0.29, 0.717) is 12.0 Å². The molecule has 0 radical (unpaired) electrons. The maximum absolute atomic E-state index is 13.5. The van der Waals surface area contributed by atoms with Crippen molar-refractivity contribution in [2.45, 2.75) is 70.4 Å². The van der Waals surface area contributed by atoms with Crippen molar-refractivity contribution >= 4 is 34.8 Å². The molecular formula is C27H35N5O9. The van der Waals surface area contributed by atoms with E-state index in [1.807, 2.05) is 0 Å². The molecule has 0 aliphatic heterocycles. The highest BCUT2D eigenvalue weighted by atomic mass is 16.6. The lowest BCUT2D eigenvalue weighted by Crippen LogP contribution is -2.52. The molecule has 2 atom stereocenters. The van der Waals surface area contributed by atoms with Crippen LogP contribution in [0, 0.1) is 20.2 Å². The molecule has 0 aromatic heterocycles. The quantitative estimate of drug-likeness (QED) is 0.0990. The fourth-order valence-corrected chi connectivity index (χ4v) is 4.13. The van der Waals surface area contributed by atoms with Crippen LogP contribution in [0.15, 0.2) is 42.5 Å². The lowest BCUT2D eigenvalue weighted by molar-refractivity contribution is -0.393. The predicted octanol–water partition coefficient (Wildman–Crippen LogP) is 3.67. The number of carbonyl (C=O) groups is 3. The molecule has 5 N–H and O–H groups in total. The minimum Gasteiger partial charge on any atom is -0.508 e. The molecule has 1 unspecified atom stereocenters. The number of carbonyl (C=O) groups excluding carboxylic acids is 2. The number of nitrogens with zero attached hydrogens (tertiary/aromatic N) is 2. The van der Waals surface area contributed by atoms with Gasteiger partial charge in [-0.1, -0.05) is 57.6 Å². The van der Waals surface area contributed by atoms with Crippen molar-refractivity contribution in [1.82, 2.24) is 10.6 Å². The molecule has 0 bridgehead atoms. The summed E-state index contributed by atoms with van der Waals surface area (Å²) in [4.78, 5) is 58.5. The van der Waals surface area contributed by atoms with Gasteiger partial charge in [-0.05, 0) is 30.2 Å². The minimum absolute atomic E-state index is 0.00226. The van der Waals surface area contributed by atoms with Crippen molar-refractivity contribution in [3.05, 3.63) is 68.3 Å². The number of unbranched alkanes of at least 4 members (excludes halogenated alkanes) is 5. The summed E-state index contributed by atoms with van der Waals surface area (Å²) in [5, 5.41) is 49.0. The van der Waals surface area contributed by atoms with Gasteiger partial charge in [0, 0.05) is 12.5 Å². The van der Waals surface area contributed by atoms with E-state index in [-0.39, 0.29) is 24.3 Å². The van der Waals surface area contributed by atoms with Crippen LogP contribution in [-0.2, 0) is 20.8 Å². The summed E-state index contributed by atoms with van der Waals surface area (Å²) in [6, 6.07) is 6.70. The number of anilines is 1. The molecule has 0 heterocycles. The highest BCUT2D eigenvalue weighted by Crippen LogP contribution is 2.30. The molecule has 2 amide bonds. The first-order valence-corrected chi connectivity index (χ1v) is 13.3. The number of nitro benzene ring substituents is 2. The monoisotopic (exact) mass is 573 g/mol. The van der Waals surface area contributed by atoms with Crippen LogP contribution in [-0.4, -0.2) is 56.5 Å². The summed E-state index contributed by atoms with van der Waals surface area (Å²) in [7, 11) is 0. The van der Waals surface area contributed by atoms with Crippen molar-refractivity contribution in [2.24, 2.45) is 0 Å². The zero-order chi connectivity index (χ0) is 30.4. The number of aromatic hydroxyl groups is 1. The van der Waals surface area contributed by atoms with Crippen LogP contribution >= 0.6 is 0 Å². The Balaban J connectivity index is 2.31. The van der Waals surface area contributed by atoms with Gasteiger partial charge in [-0.3, -0.25) is 34.6 Å². The molecule has 0 aliphatic rings. The number of hydrogen-bond acceptors (Lipinski definition) is 9. The molecule has 2 rings (SSSR count). The molecule has 0 spiro atoms. The van der Waals surface area contributed by atoms with E-state index >= 15 is 0 Å². The van der Waals surface area contributed by atoms with E-state index in [1.165, 1.54) is 12.1 Å². The molecular weight excluding hydrogens is 538 g/mol. The van der Waals surface area contributed by atoms with Crippen molar-refractivity contribution in [3.63, 3.8) is 0 Å². The van der Waals surface area contributed by atoms with Gasteiger partial charge >= 0.3 is 5.97 Å². The summed E-state index contributed by atoms with van der Waals surface area (Å²) in [6.07, 6.45) is 5.68. The Bertz CT molecular complexity index is 1220. The largest absolute Gasteiger partial charge is 0.508 e. The van der Waals surface area contributed by atoms with Gasteiger partial charge in [0.15, 0.2) is 0 Å². The Morgan fingerprint density at radius 2 is 1.54 bits per heavy atom. The number of amides is 2. The Hall–Kier alpha value is -4.75. The van der Waals surface area contributed by atoms with E-state index in [2.05, 4.69) is 22.9 Å². The Labute approximate surface area is 236 Å². The number of carboxylic acids is 1. The molecule has 14 nitrogen and oxygen atoms in total. The second-order valence-electron chi connectivity index (χ2n) is 9.51. The summed E-state index contributed by atoms with van der Waals surface area (Å²) in [6.45, 7) is 1.41. The first-order valence-electron chi connectivity index (χ1n) is 13.3. The zero-order valence-corrected chi connectivity index (χ0v) is 22.7. The van der Waals surface area contributed by atoms with Crippen molar-refractivity contribution in [1.29, 1.82) is 0 Å². The van der Waals surface area contributed by atoms with Crippen LogP contribution in [0.4, 0.5) is 17.1 Å². The van der Waals surface area contributed by atoms with E-state index in [0.717, 1.165) is 50.3 Å². The first-order chi connectivity index (χ1) is 19.5. The number of nitrogens with one attached hydrogen (secondary N) is 3. The molecule has 222 valence electrons. The van der Waals surface area contributed by atoms with Crippen molar-refractivity contribution in [2.75, 3.05) is 11.9 Å². The number of hydrogen-bond donors (Lipinski definition) is 5. The van der Waals surface area contributed by atoms with Crippen LogP contribution < -0.4 is 16.0 Å². The number of carboxylic acid groups (broad SMARTS) is 1. The molecule has 41 heavy (non-hydrogen) atoms. The van der Waals surface area contributed by atoms with Gasteiger partial charge in [0.2, 0.25) is 11.8 Å². The van der Waals surface area contributed by atoms with Gasteiger partial charge in [-0.25, -0.2) is 0 Å². The lowest BCUT2D eigenvalue weighted by Gasteiger charge is -2.24. The van der Waals surface area contributed by atoms with Crippen molar-refractivity contribution in [3.8, 4) is 5.75 Å². The maximum Gasteiger partial charge on any atom is 0.322 e. The minimum atomic E-state index is -1.28. The van der Waals surface area contributed by atoms with E-state index < -0.39 is 57.6 Å². The van der Waals surface area contributed by atoms with Crippen LogP contribution in [0.2, 0.25) is 0 Å². The third kappa shape index (κ3) is 11.1. The zero-order valence-electron chi connectivity index (χ0n) is 22.7. The number of phenolic OH excluding ortho intramolecular Hbond substituents is 1. The van der Waals surface area contributed by atoms with Gasteiger partial charge in [0.05, 0.1) is 15.9 Å². The van der Waals surface area contributed by atoms with E-state index in [1.54, 1.807) is 12.1 Å². The summed E-state index contributed by atoms with van der Waals surface area (Å²) in [5.41, 5.74) is -0.592. The predicted molar refractivity (Wildman–Crippen MR) is 150 cm³/mol. The normalized spacial score (nSPS) is 12.1. The van der Waals surface area contributed by atoms with Crippen LogP contribution in [0.3, 0.4) is 0 Å². The van der Waals surface area contributed by atoms with Crippen LogP contribution in [0.1, 0.15) is 57.4 Å². The summed E-state index contributed by atoms with van der Waals surface area (Å²) >= 11 is 0. The highest BCUT2D eigenvalue weighted by molar-refractivity contribution is 5.92. The Morgan fingerprint density at radius 1 is 0.878 bits per heavy atom. The first kappa shape index (κ1) is 32.5. The fourth-order valence-electron chi connectivity index (χ4n) is 4.13. The van der Waals surface area contributed by atoms with Gasteiger partial charge in [-0.2, -0.15) is 0 Å². The van der Waals surface area contributed by atoms with Gasteiger partial charge in [0.25, 0.3) is 11.4 Å². The molecule has 0 aliphatic carbocycles. The average molecular weight is 574 g/mol. The Morgan fingerprint density at radius 3 is 2.15 bits per heavy atom. The van der Waals surface area contributed by atoms with Crippen LogP contribution in [0.25, 0.3) is 0 Å². The number of phenols is 1.